The molecule has 0 atom stereocenters. The van der Waals surface area contributed by atoms with E-state index in [1.165, 1.54) is 57.4 Å². The Morgan fingerprint density at radius 1 is 0.842 bits per heavy atom. The van der Waals surface area contributed by atoms with E-state index in [2.05, 4.69) is 50.2 Å². The van der Waals surface area contributed by atoms with Gasteiger partial charge in [-0.1, -0.05) is 0 Å². The predicted molar refractivity (Wildman–Crippen MR) is 91.4 cm³/mol. The Balaban J connectivity index is 5.08. The molecule has 0 aromatic rings. The first-order valence-corrected chi connectivity index (χ1v) is 16.0. The molecule has 0 rings (SSSR count). The van der Waals surface area contributed by atoms with Crippen LogP contribution < -0.4 is 0 Å². The van der Waals surface area contributed by atoms with Gasteiger partial charge in [0.15, 0.2) is 0 Å². The van der Waals surface area contributed by atoms with Crippen molar-refractivity contribution in [1.29, 1.82) is 0 Å². The summed E-state index contributed by atoms with van der Waals surface area (Å²) in [5.41, 5.74) is 7.98. The molecule has 0 aliphatic heterocycles. The molecule has 0 heterocycles. The zero-order chi connectivity index (χ0) is 14.6. The second-order valence-corrected chi connectivity index (χ2v) is 19.0. The molecule has 0 bridgehead atoms. The van der Waals surface area contributed by atoms with Gasteiger partial charge in [-0.3, -0.25) is 0 Å². The van der Waals surface area contributed by atoms with Crippen molar-refractivity contribution in [3.8, 4) is 0 Å². The van der Waals surface area contributed by atoms with E-state index in [9.17, 15) is 0 Å². The Labute approximate surface area is 125 Å². The van der Waals surface area contributed by atoms with Gasteiger partial charge in [-0.15, -0.1) is 0 Å². The van der Waals surface area contributed by atoms with Crippen LogP contribution in [0, 0.1) is 0 Å². The molecule has 0 aromatic carbocycles. The minimum atomic E-state index is -2.06. The number of rotatable bonds is 10. The van der Waals surface area contributed by atoms with E-state index in [0.717, 1.165) is 0 Å². The molecule has 0 unspecified atom stereocenters. The molecule has 0 saturated heterocycles. The number of hydrogen-bond donors (Lipinski definition) is 0. The Hall–Kier alpha value is 0.0987. The molecule has 0 radical (unpaired) electrons. The van der Waals surface area contributed by atoms with Crippen LogP contribution in [-0.4, -0.2) is 18.4 Å². The molecular weight excluding hydrogens is 335 g/mol. The molecule has 0 saturated carbocycles. The third kappa shape index (κ3) is 9.60. The maximum absolute atomic E-state index is 3.43. The third-order valence-electron chi connectivity index (χ3n) is 3.79. The number of allylic oxidation sites excluding steroid dienone is 1. The average Bonchev–Trinajstić information content (AvgIpc) is 2.39. The Morgan fingerprint density at radius 3 is 1.58 bits per heavy atom. The second kappa shape index (κ2) is 11.9. The van der Waals surface area contributed by atoms with Gasteiger partial charge in [-0.05, 0) is 0 Å². The summed E-state index contributed by atoms with van der Waals surface area (Å²) in [6, 6.07) is 0. The van der Waals surface area contributed by atoms with Gasteiger partial charge in [-0.25, -0.2) is 0 Å². The van der Waals surface area contributed by atoms with E-state index in [1.807, 2.05) is 0 Å². The zero-order valence-electron chi connectivity index (χ0n) is 13.9. The van der Waals surface area contributed by atoms with Crippen LogP contribution in [0.2, 0.25) is 13.3 Å². The second-order valence-electron chi connectivity index (χ2n) is 6.09. The van der Waals surface area contributed by atoms with Crippen LogP contribution >= 0.6 is 0 Å². The van der Waals surface area contributed by atoms with Crippen LogP contribution in [0.25, 0.3) is 0 Å². The predicted octanol–water partition coefficient (Wildman–Crippen LogP) is 6.65. The molecule has 0 amide bonds. The first-order valence-electron chi connectivity index (χ1n) is 8.26. The minimum absolute atomic E-state index is 1.25. The van der Waals surface area contributed by atoms with Gasteiger partial charge in [0.2, 0.25) is 0 Å². The van der Waals surface area contributed by atoms with Gasteiger partial charge in [0.25, 0.3) is 0 Å². The summed E-state index contributed by atoms with van der Waals surface area (Å²) in [6.45, 7) is 11.2. The van der Waals surface area contributed by atoms with Gasteiger partial charge in [0, 0.05) is 0 Å². The quantitative estimate of drug-likeness (QED) is 0.299. The van der Waals surface area contributed by atoms with E-state index in [-0.39, 0.29) is 0 Å². The number of unbranched alkanes of at least 4 members (excludes halogenated alkanes) is 3. The summed E-state index contributed by atoms with van der Waals surface area (Å²) in [4.78, 5) is 0. The molecule has 0 nitrogen and oxygen atoms in total. The van der Waals surface area contributed by atoms with Gasteiger partial charge in [0.1, 0.15) is 0 Å². The van der Waals surface area contributed by atoms with Gasteiger partial charge >= 0.3 is 126 Å². The van der Waals surface area contributed by atoms with Crippen LogP contribution in [-0.2, 0) is 0 Å². The van der Waals surface area contributed by atoms with Crippen molar-refractivity contribution in [2.24, 2.45) is 0 Å². The Bertz CT molecular complexity index is 289. The maximum atomic E-state index is 3.43. The zero-order valence-corrected chi connectivity index (χ0v) is 16.8. The normalized spacial score (nSPS) is 10.8. The molecule has 0 aliphatic rings. The van der Waals surface area contributed by atoms with E-state index >= 15 is 0 Å². The molecule has 0 fully saturated rings. The van der Waals surface area contributed by atoms with Crippen molar-refractivity contribution in [2.75, 3.05) is 0 Å². The van der Waals surface area contributed by atoms with E-state index in [4.69, 9.17) is 0 Å². The van der Waals surface area contributed by atoms with Crippen LogP contribution in [0.15, 0.2) is 21.1 Å². The van der Waals surface area contributed by atoms with Crippen LogP contribution in [0.5, 0.6) is 0 Å². The van der Waals surface area contributed by atoms with E-state index in [0.29, 0.717) is 0 Å². The summed E-state index contributed by atoms with van der Waals surface area (Å²) in [5, 5.41) is 0. The molecule has 110 valence electrons. The summed E-state index contributed by atoms with van der Waals surface area (Å²) >= 11 is -2.06. The van der Waals surface area contributed by atoms with Gasteiger partial charge in [0.05, 0.1) is 0 Å². The van der Waals surface area contributed by atoms with E-state index in [1.54, 1.807) is 0 Å². The molecule has 0 aromatic heterocycles. The number of hydrogen-bond acceptors (Lipinski definition) is 0. The van der Waals surface area contributed by atoms with Crippen molar-refractivity contribution in [3.63, 3.8) is 0 Å². The molecular formula is C18H34Sn. The fraction of sp³-hybridized carbons (Fsp3) is 0.778. The molecule has 0 aliphatic carbocycles. The SMILES string of the molecule is CCC[CH2][Sn]([CH]=C=C=C(C)C)([CH2]CCC)[CH2]CCC. The topological polar surface area (TPSA) is 0 Å². The Morgan fingerprint density at radius 2 is 1.26 bits per heavy atom. The summed E-state index contributed by atoms with van der Waals surface area (Å²) in [6.07, 6.45) is 8.31. The van der Waals surface area contributed by atoms with Crippen molar-refractivity contribution in [2.45, 2.75) is 86.5 Å². The molecule has 1 heteroatoms. The van der Waals surface area contributed by atoms with Crippen molar-refractivity contribution < 1.29 is 0 Å². The standard InChI is InChI=1S/C6H7.3C4H9.Sn/c1-4-5-6(2)3;3*1-3-4-2;/h1H,2-3H3;3*1,3-4H2,2H3;. The van der Waals surface area contributed by atoms with Crippen molar-refractivity contribution in [3.05, 3.63) is 21.1 Å². The van der Waals surface area contributed by atoms with Crippen molar-refractivity contribution in [1.82, 2.24) is 0 Å². The molecule has 19 heavy (non-hydrogen) atoms. The summed E-state index contributed by atoms with van der Waals surface area (Å²) < 4.78 is 7.15. The van der Waals surface area contributed by atoms with Crippen molar-refractivity contribution >= 4 is 18.4 Å². The van der Waals surface area contributed by atoms with Crippen LogP contribution in [0.3, 0.4) is 0 Å². The summed E-state index contributed by atoms with van der Waals surface area (Å²) in [7, 11) is 0. The van der Waals surface area contributed by atoms with E-state index < -0.39 is 18.4 Å². The van der Waals surface area contributed by atoms with Crippen LogP contribution in [0.1, 0.15) is 73.1 Å². The monoisotopic (exact) mass is 370 g/mol. The first kappa shape index (κ1) is 19.1. The van der Waals surface area contributed by atoms with Crippen LogP contribution in [0.4, 0.5) is 0 Å². The Kier molecular flexibility index (Phi) is 11.9. The summed E-state index contributed by atoms with van der Waals surface area (Å²) in [5.74, 6) is 0. The molecule has 0 N–H and O–H groups in total. The van der Waals surface area contributed by atoms with Gasteiger partial charge in [-0.2, -0.15) is 0 Å². The third-order valence-corrected chi connectivity index (χ3v) is 17.5. The first-order chi connectivity index (χ1) is 9.10. The molecule has 0 spiro atoms. The van der Waals surface area contributed by atoms with Gasteiger partial charge < -0.3 is 0 Å². The fourth-order valence-electron chi connectivity index (χ4n) is 2.51. The average molecular weight is 369 g/mol. The fourth-order valence-corrected chi connectivity index (χ4v) is 16.0.